The van der Waals surface area contributed by atoms with Gasteiger partial charge in [0.05, 0.1) is 30.2 Å². The molecule has 1 saturated heterocycles. The molecule has 0 spiro atoms. The zero-order valence-electron chi connectivity index (χ0n) is 13.7. The van der Waals surface area contributed by atoms with Gasteiger partial charge in [0.25, 0.3) is 5.69 Å². The average Bonchev–Trinajstić information content (AvgIpc) is 2.64. The Bertz CT molecular complexity index is 721. The molecule has 1 aliphatic rings. The van der Waals surface area contributed by atoms with E-state index in [0.29, 0.717) is 25.4 Å². The normalized spacial score (nSPS) is 16.4. The molecule has 0 amide bonds. The third kappa shape index (κ3) is 4.32. The molecule has 6 nitrogen and oxygen atoms in total. The first-order valence-electron chi connectivity index (χ1n) is 8.19. The van der Waals surface area contributed by atoms with E-state index in [-0.39, 0.29) is 11.7 Å². The highest BCUT2D eigenvalue weighted by Gasteiger charge is 2.23. The highest BCUT2D eigenvalue weighted by molar-refractivity contribution is 5.61. The first-order chi connectivity index (χ1) is 12.1. The van der Waals surface area contributed by atoms with Gasteiger partial charge < -0.3 is 10.1 Å². The Labute approximate surface area is 145 Å². The molecule has 1 atom stereocenters. The maximum absolute atomic E-state index is 13.3. The van der Waals surface area contributed by atoms with Gasteiger partial charge in [-0.3, -0.25) is 15.0 Å². The van der Waals surface area contributed by atoms with Crippen LogP contribution >= 0.6 is 0 Å². The van der Waals surface area contributed by atoms with Gasteiger partial charge >= 0.3 is 0 Å². The molecule has 1 fully saturated rings. The number of nitro groups is 1. The molecule has 3 rings (SSSR count). The lowest BCUT2D eigenvalue weighted by Crippen LogP contribution is -2.41. The molecule has 0 bridgehead atoms. The van der Waals surface area contributed by atoms with Crippen LogP contribution in [0.25, 0.3) is 0 Å². The fourth-order valence-corrected chi connectivity index (χ4v) is 3.03. The minimum Gasteiger partial charge on any atom is -0.379 e. The first-order valence-corrected chi connectivity index (χ1v) is 8.19. The van der Waals surface area contributed by atoms with Crippen LogP contribution in [0.5, 0.6) is 0 Å². The predicted molar refractivity (Wildman–Crippen MR) is 93.1 cm³/mol. The smallest absolute Gasteiger partial charge is 0.295 e. The summed E-state index contributed by atoms with van der Waals surface area (Å²) in [5.41, 5.74) is 1.19. The minimum absolute atomic E-state index is 0.0507. The lowest BCUT2D eigenvalue weighted by Gasteiger charge is -2.35. The van der Waals surface area contributed by atoms with Crippen molar-refractivity contribution in [2.24, 2.45) is 0 Å². The highest BCUT2D eigenvalue weighted by Crippen LogP contribution is 2.28. The fraction of sp³-hybridized carbons (Fsp3) is 0.333. The molecule has 1 aliphatic heterocycles. The van der Waals surface area contributed by atoms with Crippen molar-refractivity contribution in [1.29, 1.82) is 0 Å². The van der Waals surface area contributed by atoms with Crippen LogP contribution in [0, 0.1) is 15.9 Å². The standard InChI is InChI=1S/C18H20FN3O3/c19-15-6-7-16(17(12-15)22(23)24)20-13-18(14-4-2-1-3-5-14)21-8-10-25-11-9-21/h1-7,12,18,20H,8-11,13H2. The molecule has 25 heavy (non-hydrogen) atoms. The molecule has 1 heterocycles. The maximum Gasteiger partial charge on any atom is 0.295 e. The van der Waals surface area contributed by atoms with Crippen molar-refractivity contribution >= 4 is 11.4 Å². The number of halogens is 1. The summed E-state index contributed by atoms with van der Waals surface area (Å²) in [5, 5.41) is 14.3. The first kappa shape index (κ1) is 17.3. The lowest BCUT2D eigenvalue weighted by molar-refractivity contribution is -0.384. The molecule has 1 unspecified atom stereocenters. The van der Waals surface area contributed by atoms with E-state index in [1.165, 1.54) is 12.1 Å². The van der Waals surface area contributed by atoms with Crippen LogP contribution < -0.4 is 5.32 Å². The number of hydrogen-bond acceptors (Lipinski definition) is 5. The van der Waals surface area contributed by atoms with Gasteiger partial charge in [0.1, 0.15) is 11.5 Å². The summed E-state index contributed by atoms with van der Waals surface area (Å²) in [4.78, 5) is 12.9. The quantitative estimate of drug-likeness (QED) is 0.643. The predicted octanol–water partition coefficient (Wildman–Crippen LogP) is 3.22. The van der Waals surface area contributed by atoms with Crippen LogP contribution in [0.3, 0.4) is 0 Å². The van der Waals surface area contributed by atoms with Crippen LogP contribution in [-0.2, 0) is 4.74 Å². The number of morpholine rings is 1. The monoisotopic (exact) mass is 345 g/mol. The van der Waals surface area contributed by atoms with Gasteiger partial charge in [-0.05, 0) is 17.7 Å². The Hall–Kier alpha value is -2.51. The second-order valence-electron chi connectivity index (χ2n) is 5.87. The van der Waals surface area contributed by atoms with E-state index in [2.05, 4.69) is 10.2 Å². The molecular weight excluding hydrogens is 325 g/mol. The van der Waals surface area contributed by atoms with Crippen LogP contribution in [0.15, 0.2) is 48.5 Å². The second-order valence-corrected chi connectivity index (χ2v) is 5.87. The van der Waals surface area contributed by atoms with Gasteiger partial charge in [0.15, 0.2) is 0 Å². The molecule has 2 aromatic carbocycles. The van der Waals surface area contributed by atoms with Crippen molar-refractivity contribution < 1.29 is 14.1 Å². The SMILES string of the molecule is O=[N+]([O-])c1cc(F)ccc1NCC(c1ccccc1)N1CCOCC1. The topological polar surface area (TPSA) is 67.6 Å². The third-order valence-electron chi connectivity index (χ3n) is 4.31. The van der Waals surface area contributed by atoms with Crippen LogP contribution in [0.1, 0.15) is 11.6 Å². The van der Waals surface area contributed by atoms with Gasteiger partial charge in [0, 0.05) is 19.6 Å². The molecule has 132 valence electrons. The van der Waals surface area contributed by atoms with E-state index in [1.807, 2.05) is 30.3 Å². The molecule has 2 aromatic rings. The van der Waals surface area contributed by atoms with Crippen molar-refractivity contribution in [2.45, 2.75) is 6.04 Å². The number of nitrogens with one attached hydrogen (secondary N) is 1. The number of benzene rings is 2. The lowest BCUT2D eigenvalue weighted by atomic mass is 10.0. The molecule has 0 aliphatic carbocycles. The van der Waals surface area contributed by atoms with Crippen LogP contribution in [0.4, 0.5) is 15.8 Å². The van der Waals surface area contributed by atoms with Crippen molar-refractivity contribution in [3.8, 4) is 0 Å². The van der Waals surface area contributed by atoms with Crippen molar-refractivity contribution in [1.82, 2.24) is 4.90 Å². The van der Waals surface area contributed by atoms with Crippen LogP contribution in [0.2, 0.25) is 0 Å². The van der Waals surface area contributed by atoms with Crippen molar-refractivity contribution in [3.05, 3.63) is 70.0 Å². The van der Waals surface area contributed by atoms with Crippen LogP contribution in [-0.4, -0.2) is 42.7 Å². The molecular formula is C18H20FN3O3. The summed E-state index contributed by atoms with van der Waals surface area (Å²) >= 11 is 0. The van der Waals surface area contributed by atoms with Gasteiger partial charge in [-0.25, -0.2) is 4.39 Å². The zero-order chi connectivity index (χ0) is 17.6. The Kier molecular flexibility index (Phi) is 5.57. The Morgan fingerprint density at radius 2 is 1.92 bits per heavy atom. The maximum atomic E-state index is 13.3. The minimum atomic E-state index is -0.620. The number of rotatable bonds is 6. The molecule has 7 heteroatoms. The van der Waals surface area contributed by atoms with Gasteiger partial charge in [-0.2, -0.15) is 0 Å². The summed E-state index contributed by atoms with van der Waals surface area (Å²) in [6.07, 6.45) is 0. The van der Waals surface area contributed by atoms with Crippen molar-refractivity contribution in [2.75, 3.05) is 38.2 Å². The van der Waals surface area contributed by atoms with E-state index in [4.69, 9.17) is 4.74 Å². The molecule has 1 N–H and O–H groups in total. The molecule has 0 aromatic heterocycles. The van der Waals surface area contributed by atoms with E-state index in [0.717, 1.165) is 24.7 Å². The third-order valence-corrected chi connectivity index (χ3v) is 4.31. The molecule has 0 saturated carbocycles. The van der Waals surface area contributed by atoms with Gasteiger partial charge in [-0.1, -0.05) is 30.3 Å². The van der Waals surface area contributed by atoms with E-state index in [9.17, 15) is 14.5 Å². The number of anilines is 1. The summed E-state index contributed by atoms with van der Waals surface area (Å²) in [7, 11) is 0. The average molecular weight is 345 g/mol. The number of hydrogen-bond donors (Lipinski definition) is 1. The largest absolute Gasteiger partial charge is 0.379 e. The van der Waals surface area contributed by atoms with Crippen molar-refractivity contribution in [3.63, 3.8) is 0 Å². The number of nitro benzene ring substituents is 1. The van der Waals surface area contributed by atoms with Gasteiger partial charge in [0.2, 0.25) is 0 Å². The summed E-state index contributed by atoms with van der Waals surface area (Å²) in [5.74, 6) is -0.620. The zero-order valence-corrected chi connectivity index (χ0v) is 13.7. The fourth-order valence-electron chi connectivity index (χ4n) is 3.03. The summed E-state index contributed by atoms with van der Waals surface area (Å²) in [6, 6.07) is 13.6. The van der Waals surface area contributed by atoms with E-state index >= 15 is 0 Å². The summed E-state index contributed by atoms with van der Waals surface area (Å²) < 4.78 is 18.7. The number of nitrogens with zero attached hydrogens (tertiary/aromatic N) is 2. The second kappa shape index (κ2) is 8.04. The Balaban J connectivity index is 1.80. The number of ether oxygens (including phenoxy) is 1. The van der Waals surface area contributed by atoms with E-state index < -0.39 is 10.7 Å². The highest BCUT2D eigenvalue weighted by atomic mass is 19.1. The van der Waals surface area contributed by atoms with Gasteiger partial charge in [-0.15, -0.1) is 0 Å². The Morgan fingerprint density at radius 3 is 2.60 bits per heavy atom. The van der Waals surface area contributed by atoms with E-state index in [1.54, 1.807) is 0 Å². The molecule has 0 radical (unpaired) electrons. The Morgan fingerprint density at radius 1 is 1.20 bits per heavy atom. The summed E-state index contributed by atoms with van der Waals surface area (Å²) in [6.45, 7) is 3.41.